The van der Waals surface area contributed by atoms with Crippen molar-refractivity contribution in [3.63, 3.8) is 0 Å². The first-order valence-electron chi connectivity index (χ1n) is 8.53. The first-order valence-corrected chi connectivity index (χ1v) is 12.0. The maximum absolute atomic E-state index is 12.8. The molecule has 0 spiro atoms. The van der Waals surface area contributed by atoms with Crippen LogP contribution in [0.1, 0.15) is 11.1 Å². The van der Waals surface area contributed by atoms with Gasteiger partial charge in [-0.05, 0) is 37.1 Å². The molecule has 0 saturated carbocycles. The monoisotopic (exact) mass is 599 g/mol. The van der Waals surface area contributed by atoms with E-state index in [1.165, 1.54) is 4.90 Å². The van der Waals surface area contributed by atoms with Crippen molar-refractivity contribution in [2.24, 2.45) is 0 Å². The number of hydrogen-bond donors (Lipinski definition) is 1. The molecule has 1 N–H and O–H groups in total. The van der Waals surface area contributed by atoms with Gasteiger partial charge in [0.25, 0.3) is 0 Å². The topological polar surface area (TPSA) is 72.8 Å². The second-order valence-corrected chi connectivity index (χ2v) is 10.5. The zero-order chi connectivity index (χ0) is 29.3. The smallest absolute Gasteiger partial charge is 0.460 e. The highest BCUT2D eigenvalue weighted by Crippen LogP contribution is 2.55. The quantitative estimate of drug-likeness (QED) is 0.186. The maximum atomic E-state index is 12.8. The molecule has 1 rings (SSSR count). The van der Waals surface area contributed by atoms with E-state index in [0.717, 1.165) is 11.1 Å². The lowest BCUT2D eigenvalue weighted by molar-refractivity contribution is -0.390. The Morgan fingerprint density at radius 3 is 1.53 bits per heavy atom. The minimum absolute atomic E-state index is 0.281. The number of phenolic OH excluding ortho intramolecular Hbond substituents is 1. The van der Waals surface area contributed by atoms with Crippen molar-refractivity contribution in [2.75, 3.05) is 12.5 Å². The second-order valence-electron chi connectivity index (χ2n) is 6.86. The number of alkyl halides is 13. The number of hydrogen-bond acceptors (Lipinski definition) is 5. The van der Waals surface area contributed by atoms with Crippen LogP contribution in [0.15, 0.2) is 17.0 Å². The van der Waals surface area contributed by atoms with Crippen LogP contribution in [0.5, 0.6) is 5.75 Å². The van der Waals surface area contributed by atoms with Crippen molar-refractivity contribution in [2.45, 2.75) is 54.6 Å². The van der Waals surface area contributed by atoms with E-state index < -0.39 is 45.9 Å². The number of benzene rings is 1. The Morgan fingerprint density at radius 2 is 1.22 bits per heavy atom. The molecule has 0 aliphatic carbocycles. The molecule has 1 atom stereocenters. The Bertz CT molecular complexity index is 982. The zero-order valence-corrected chi connectivity index (χ0v) is 19.7. The highest BCUT2D eigenvalue weighted by Gasteiger charge is 2.86. The molecule has 0 amide bonds. The molecule has 0 aliphatic heterocycles. The largest absolute Gasteiger partial charge is 0.507 e. The third-order valence-corrected chi connectivity index (χ3v) is 6.16. The van der Waals surface area contributed by atoms with Gasteiger partial charge in [-0.25, -0.2) is 4.39 Å². The van der Waals surface area contributed by atoms with Gasteiger partial charge in [0.15, 0.2) is 4.90 Å². The number of phenols is 1. The normalized spacial score (nSPS) is 14.9. The maximum Gasteiger partial charge on any atom is 0.460 e. The number of halogens is 13. The first-order chi connectivity index (χ1) is 15.6. The SMILES string of the molecule is Cc1cc([S+](C)C)cc(C)c1O.O=S(=O)(OOC(F)C(F)(F)F)C(F)(F)C(F)(F)C(F)(F)C(F)(F)F. The highest BCUT2D eigenvalue weighted by molar-refractivity contribution is 7.95. The summed E-state index contributed by atoms with van der Waals surface area (Å²) in [5.41, 5.74) is 1.96. The molecule has 1 aromatic carbocycles. The lowest BCUT2D eigenvalue weighted by Gasteiger charge is -2.32. The van der Waals surface area contributed by atoms with Crippen molar-refractivity contribution >= 4 is 21.0 Å². The predicted octanol–water partition coefficient (Wildman–Crippen LogP) is 5.79. The molecule has 0 aromatic heterocycles. The lowest BCUT2D eigenvalue weighted by atomic mass is 10.1. The van der Waals surface area contributed by atoms with Gasteiger partial charge >= 0.3 is 45.9 Å². The minimum atomic E-state index is -7.76. The van der Waals surface area contributed by atoms with Crippen LogP contribution in [0.3, 0.4) is 0 Å². The molecule has 0 saturated heterocycles. The van der Waals surface area contributed by atoms with Gasteiger partial charge in [-0.15, -0.1) is 0 Å². The highest BCUT2D eigenvalue weighted by atomic mass is 32.2. The molecule has 0 bridgehead atoms. The van der Waals surface area contributed by atoms with Crippen LogP contribution in [0.2, 0.25) is 0 Å². The summed E-state index contributed by atoms with van der Waals surface area (Å²) in [6, 6.07) is 4.12. The summed E-state index contributed by atoms with van der Waals surface area (Å²) in [5, 5.41) is 2.05. The van der Waals surface area contributed by atoms with Crippen molar-refractivity contribution in [1.82, 2.24) is 0 Å². The van der Waals surface area contributed by atoms with Crippen molar-refractivity contribution < 1.29 is 79.8 Å². The van der Waals surface area contributed by atoms with E-state index in [0.29, 0.717) is 5.75 Å². The van der Waals surface area contributed by atoms with Crippen LogP contribution >= 0.6 is 0 Å². The third-order valence-electron chi connectivity index (χ3n) is 3.84. The Hall–Kier alpha value is -1.67. The molecule has 0 radical (unpaired) electrons. The molecule has 212 valence electrons. The van der Waals surface area contributed by atoms with Gasteiger partial charge in [-0.3, -0.25) is 0 Å². The lowest BCUT2D eigenvalue weighted by Crippen LogP contribution is -2.63. The standard InChI is InChI=1S/C10H14OS.C6HF13O4S/c1-7-5-9(12(3)4)6-8(2)10(7)11;7-1(2(8,9)10)22-23-24(20,21)6(18,19)4(13,14)3(11,12)5(15,16)17/h5-6H,1-4H3;1H/p+1. The molecule has 1 aromatic rings. The third kappa shape index (κ3) is 7.21. The Morgan fingerprint density at radius 1 is 0.833 bits per heavy atom. The van der Waals surface area contributed by atoms with E-state index in [-0.39, 0.29) is 10.9 Å². The van der Waals surface area contributed by atoms with Crippen molar-refractivity contribution in [3.05, 3.63) is 23.3 Å². The van der Waals surface area contributed by atoms with Crippen molar-refractivity contribution in [1.29, 1.82) is 0 Å². The number of aromatic hydroxyl groups is 1. The summed E-state index contributed by atoms with van der Waals surface area (Å²) in [5.74, 6) is -15.0. The van der Waals surface area contributed by atoms with Gasteiger partial charge in [0.1, 0.15) is 18.3 Å². The summed E-state index contributed by atoms with van der Waals surface area (Å²) in [6.07, 6.45) is -14.0. The van der Waals surface area contributed by atoms with E-state index in [9.17, 15) is 70.6 Å². The molecule has 36 heavy (non-hydrogen) atoms. The number of aryl methyl sites for hydroxylation is 2. The van der Waals surface area contributed by atoms with Gasteiger partial charge in [0, 0.05) is 10.9 Å². The molecule has 0 aliphatic rings. The molecular formula is C16H16F13O5S2+. The Balaban J connectivity index is 0.000000846. The summed E-state index contributed by atoms with van der Waals surface area (Å²) in [6.45, 7) is 3.89. The van der Waals surface area contributed by atoms with Crippen LogP contribution in [0.4, 0.5) is 57.1 Å². The fourth-order valence-corrected chi connectivity index (χ4v) is 3.38. The summed E-state index contributed by atoms with van der Waals surface area (Å²) in [4.78, 5) is 3.45. The molecule has 1 unspecified atom stereocenters. The van der Waals surface area contributed by atoms with Gasteiger partial charge in [0.05, 0.1) is 0 Å². The van der Waals surface area contributed by atoms with E-state index in [1.807, 2.05) is 18.2 Å². The first kappa shape index (κ1) is 34.3. The number of rotatable bonds is 7. The van der Waals surface area contributed by atoms with Crippen molar-refractivity contribution in [3.8, 4) is 5.75 Å². The van der Waals surface area contributed by atoms with Crippen LogP contribution in [0, 0.1) is 13.8 Å². The molecule has 0 fully saturated rings. The predicted molar refractivity (Wildman–Crippen MR) is 98.0 cm³/mol. The van der Waals surface area contributed by atoms with Crippen LogP contribution < -0.4 is 0 Å². The second kappa shape index (κ2) is 11.0. The van der Waals surface area contributed by atoms with Gasteiger partial charge in [-0.2, -0.15) is 66.0 Å². The molecular weight excluding hydrogens is 583 g/mol. The average molecular weight is 599 g/mol. The van der Waals surface area contributed by atoms with Gasteiger partial charge in [-0.1, -0.05) is 4.33 Å². The van der Waals surface area contributed by atoms with Gasteiger partial charge < -0.3 is 5.11 Å². The van der Waals surface area contributed by atoms with Crippen LogP contribution in [-0.2, 0) is 30.2 Å². The average Bonchev–Trinajstić information content (AvgIpc) is 2.68. The summed E-state index contributed by atoms with van der Waals surface area (Å²) >= 11 is 0. The van der Waals surface area contributed by atoms with E-state index in [4.69, 9.17) is 0 Å². The molecule has 5 nitrogen and oxygen atoms in total. The van der Waals surface area contributed by atoms with E-state index >= 15 is 0 Å². The van der Waals surface area contributed by atoms with Crippen LogP contribution in [0.25, 0.3) is 0 Å². The Kier molecular flexibility index (Phi) is 10.5. The minimum Gasteiger partial charge on any atom is -0.507 e. The fourth-order valence-electron chi connectivity index (χ4n) is 1.85. The van der Waals surface area contributed by atoms with E-state index in [1.54, 1.807) is 0 Å². The van der Waals surface area contributed by atoms with Crippen LogP contribution in [-0.4, -0.2) is 61.8 Å². The molecule has 20 heteroatoms. The fraction of sp³-hybridized carbons (Fsp3) is 0.625. The summed E-state index contributed by atoms with van der Waals surface area (Å²) < 4.78 is 180. The zero-order valence-electron chi connectivity index (χ0n) is 18.0. The molecule has 0 heterocycles. The summed E-state index contributed by atoms with van der Waals surface area (Å²) in [7, 11) is -7.46. The van der Waals surface area contributed by atoms with E-state index in [2.05, 4.69) is 29.5 Å². The van der Waals surface area contributed by atoms with Gasteiger partial charge in [0.2, 0.25) is 0 Å². The Labute approximate surface area is 197 Å².